The summed E-state index contributed by atoms with van der Waals surface area (Å²) in [6.45, 7) is 2.76. The fraction of sp³-hybridized carbons (Fsp3) is 0.333. The highest BCUT2D eigenvalue weighted by atomic mass is 35.5. The number of ketones is 1. The van der Waals surface area contributed by atoms with E-state index in [4.69, 9.17) is 0 Å². The van der Waals surface area contributed by atoms with Gasteiger partial charge in [0.05, 0.1) is 5.56 Å². The fourth-order valence-corrected chi connectivity index (χ4v) is 3.28. The van der Waals surface area contributed by atoms with E-state index in [9.17, 15) is 9.59 Å². The van der Waals surface area contributed by atoms with Gasteiger partial charge < -0.3 is 10.6 Å². The van der Waals surface area contributed by atoms with Crippen LogP contribution in [0, 0.1) is 5.92 Å². The van der Waals surface area contributed by atoms with Crippen molar-refractivity contribution in [3.8, 4) is 0 Å². The Morgan fingerprint density at radius 1 is 1.00 bits per heavy atom. The van der Waals surface area contributed by atoms with Crippen molar-refractivity contribution in [1.29, 1.82) is 0 Å². The van der Waals surface area contributed by atoms with E-state index in [0.29, 0.717) is 29.2 Å². The summed E-state index contributed by atoms with van der Waals surface area (Å²) in [7, 11) is 0. The Labute approximate surface area is 160 Å². The molecule has 2 N–H and O–H groups in total. The van der Waals surface area contributed by atoms with Crippen molar-refractivity contribution in [2.45, 2.75) is 19.3 Å². The minimum Gasteiger partial charge on any atom is -0.352 e. The van der Waals surface area contributed by atoms with Gasteiger partial charge in [-0.1, -0.05) is 48.5 Å². The van der Waals surface area contributed by atoms with Crippen LogP contribution in [-0.2, 0) is 0 Å². The molecule has 1 aliphatic rings. The molecule has 26 heavy (non-hydrogen) atoms. The molecule has 1 amide bonds. The molecule has 0 aliphatic carbocycles. The Bertz CT molecular complexity index is 728. The zero-order chi connectivity index (χ0) is 17.5. The molecule has 2 aromatic carbocycles. The molecule has 0 bridgehead atoms. The molecule has 1 heterocycles. The van der Waals surface area contributed by atoms with E-state index in [0.717, 1.165) is 19.5 Å². The summed E-state index contributed by atoms with van der Waals surface area (Å²) in [5.74, 6) is 0.321. The van der Waals surface area contributed by atoms with Gasteiger partial charge in [0.2, 0.25) is 0 Å². The van der Waals surface area contributed by atoms with Crippen LogP contribution in [0.15, 0.2) is 54.6 Å². The van der Waals surface area contributed by atoms with E-state index in [1.807, 2.05) is 18.2 Å². The fourth-order valence-electron chi connectivity index (χ4n) is 3.28. The first-order chi connectivity index (χ1) is 12.3. The normalized spacial score (nSPS) is 16.4. The summed E-state index contributed by atoms with van der Waals surface area (Å²) in [5, 5.41) is 6.36. The Morgan fingerprint density at radius 2 is 1.69 bits per heavy atom. The Hall–Kier alpha value is -2.17. The number of hydrogen-bond acceptors (Lipinski definition) is 3. The minimum absolute atomic E-state index is 0. The maximum absolute atomic E-state index is 12.7. The van der Waals surface area contributed by atoms with Gasteiger partial charge in [-0.25, -0.2) is 0 Å². The van der Waals surface area contributed by atoms with E-state index >= 15 is 0 Å². The van der Waals surface area contributed by atoms with Gasteiger partial charge in [0.25, 0.3) is 5.91 Å². The van der Waals surface area contributed by atoms with Gasteiger partial charge in [-0.2, -0.15) is 0 Å². The lowest BCUT2D eigenvalue weighted by atomic mass is 9.96. The molecular weight excluding hydrogens is 348 g/mol. The summed E-state index contributed by atoms with van der Waals surface area (Å²) in [6.07, 6.45) is 3.38. The molecule has 4 nitrogen and oxygen atoms in total. The molecule has 1 saturated heterocycles. The molecule has 5 heteroatoms. The quantitative estimate of drug-likeness (QED) is 0.763. The van der Waals surface area contributed by atoms with E-state index < -0.39 is 0 Å². The zero-order valence-electron chi connectivity index (χ0n) is 14.7. The van der Waals surface area contributed by atoms with Gasteiger partial charge in [-0.05, 0) is 44.3 Å². The van der Waals surface area contributed by atoms with Crippen molar-refractivity contribution in [3.63, 3.8) is 0 Å². The van der Waals surface area contributed by atoms with Crippen molar-refractivity contribution in [2.24, 2.45) is 5.92 Å². The average molecular weight is 373 g/mol. The molecule has 1 fully saturated rings. The van der Waals surface area contributed by atoms with Gasteiger partial charge in [0.1, 0.15) is 0 Å². The summed E-state index contributed by atoms with van der Waals surface area (Å²) in [6, 6.07) is 16.1. The molecule has 0 radical (unpaired) electrons. The maximum Gasteiger partial charge on any atom is 0.252 e. The Kier molecular flexibility index (Phi) is 7.82. The van der Waals surface area contributed by atoms with Crippen molar-refractivity contribution in [1.82, 2.24) is 10.6 Å². The highest BCUT2D eigenvalue weighted by Crippen LogP contribution is 2.16. The van der Waals surface area contributed by atoms with Gasteiger partial charge >= 0.3 is 0 Å². The summed E-state index contributed by atoms with van der Waals surface area (Å²) in [5.41, 5.74) is 1.49. The third-order valence-corrected chi connectivity index (χ3v) is 4.69. The van der Waals surface area contributed by atoms with Gasteiger partial charge in [-0.3, -0.25) is 9.59 Å². The predicted octanol–water partition coefficient (Wildman–Crippen LogP) is 3.46. The maximum atomic E-state index is 12.7. The lowest BCUT2D eigenvalue weighted by Gasteiger charge is -2.22. The second-order valence-electron chi connectivity index (χ2n) is 6.50. The molecule has 1 unspecified atom stereocenters. The molecule has 1 atom stereocenters. The lowest BCUT2D eigenvalue weighted by molar-refractivity contribution is 0.0939. The second kappa shape index (κ2) is 10.1. The Morgan fingerprint density at radius 3 is 2.38 bits per heavy atom. The van der Waals surface area contributed by atoms with E-state index in [2.05, 4.69) is 10.6 Å². The van der Waals surface area contributed by atoms with Crippen LogP contribution < -0.4 is 10.6 Å². The zero-order valence-corrected chi connectivity index (χ0v) is 15.6. The number of rotatable bonds is 6. The molecule has 0 aromatic heterocycles. The standard InChI is InChI=1S/C21H24N2O2.ClH/c24-20(17-8-2-1-3-9-17)18-10-4-5-11-19(18)21(25)23-14-12-16-7-6-13-22-15-16;/h1-5,8-11,16,22H,6-7,12-15H2,(H,23,25);1H. The van der Waals surface area contributed by atoms with E-state index in [1.54, 1.807) is 36.4 Å². The topological polar surface area (TPSA) is 58.2 Å². The van der Waals surface area contributed by atoms with Crippen LogP contribution in [0.5, 0.6) is 0 Å². The summed E-state index contributed by atoms with van der Waals surface area (Å²) >= 11 is 0. The minimum atomic E-state index is -0.177. The van der Waals surface area contributed by atoms with Crippen LogP contribution in [0.25, 0.3) is 0 Å². The molecule has 1 aliphatic heterocycles. The van der Waals surface area contributed by atoms with E-state index in [1.165, 1.54) is 12.8 Å². The SMILES string of the molecule is Cl.O=C(NCCC1CCCNC1)c1ccccc1C(=O)c1ccccc1. The van der Waals surface area contributed by atoms with Crippen LogP contribution in [0.2, 0.25) is 0 Å². The van der Waals surface area contributed by atoms with Gasteiger partial charge in [-0.15, -0.1) is 12.4 Å². The van der Waals surface area contributed by atoms with Crippen molar-refractivity contribution in [3.05, 3.63) is 71.3 Å². The molecule has 2 aromatic rings. The predicted molar refractivity (Wildman–Crippen MR) is 106 cm³/mol. The third-order valence-electron chi connectivity index (χ3n) is 4.69. The van der Waals surface area contributed by atoms with Crippen LogP contribution in [0.3, 0.4) is 0 Å². The number of hydrogen-bond donors (Lipinski definition) is 2. The van der Waals surface area contributed by atoms with Crippen LogP contribution in [0.4, 0.5) is 0 Å². The van der Waals surface area contributed by atoms with Crippen LogP contribution >= 0.6 is 12.4 Å². The number of amides is 1. The number of benzene rings is 2. The number of carbonyl (C=O) groups is 2. The summed E-state index contributed by atoms with van der Waals surface area (Å²) < 4.78 is 0. The smallest absolute Gasteiger partial charge is 0.252 e. The molecule has 0 saturated carbocycles. The highest BCUT2D eigenvalue weighted by Gasteiger charge is 2.18. The monoisotopic (exact) mass is 372 g/mol. The first-order valence-corrected chi connectivity index (χ1v) is 8.93. The summed E-state index contributed by atoms with van der Waals surface area (Å²) in [4.78, 5) is 25.3. The number of carbonyl (C=O) groups excluding carboxylic acids is 2. The number of halogens is 1. The molecule has 0 spiro atoms. The largest absolute Gasteiger partial charge is 0.352 e. The van der Waals surface area contributed by atoms with Crippen LogP contribution in [-0.4, -0.2) is 31.3 Å². The third kappa shape index (κ3) is 5.16. The average Bonchev–Trinajstić information content (AvgIpc) is 2.69. The first kappa shape index (κ1) is 20.1. The number of nitrogens with one attached hydrogen (secondary N) is 2. The van der Waals surface area contributed by atoms with Crippen molar-refractivity contribution < 1.29 is 9.59 Å². The number of piperidine rings is 1. The lowest BCUT2D eigenvalue weighted by Crippen LogP contribution is -2.33. The molecule has 3 rings (SSSR count). The van der Waals surface area contributed by atoms with Crippen LogP contribution in [0.1, 0.15) is 45.5 Å². The van der Waals surface area contributed by atoms with Gasteiger partial charge in [0, 0.05) is 17.7 Å². The highest BCUT2D eigenvalue weighted by molar-refractivity contribution is 6.15. The van der Waals surface area contributed by atoms with Crippen molar-refractivity contribution in [2.75, 3.05) is 19.6 Å². The van der Waals surface area contributed by atoms with Crippen molar-refractivity contribution >= 4 is 24.1 Å². The Balaban J connectivity index is 0.00000243. The molecule has 138 valence electrons. The van der Waals surface area contributed by atoms with Gasteiger partial charge in [0.15, 0.2) is 5.78 Å². The second-order valence-corrected chi connectivity index (χ2v) is 6.50. The first-order valence-electron chi connectivity index (χ1n) is 8.93. The van der Waals surface area contributed by atoms with E-state index in [-0.39, 0.29) is 24.1 Å². The molecular formula is C21H25ClN2O2.